The number of hydrazine groups is 1. The summed E-state index contributed by atoms with van der Waals surface area (Å²) in [4.78, 5) is -0.0864. The number of halogens is 3. The molecular weight excluding hydrogens is 383 g/mol. The Morgan fingerprint density at radius 1 is 1.04 bits per heavy atom. The number of alkyl halides is 3. The Hall–Kier alpha value is -2.30. The van der Waals surface area contributed by atoms with Crippen LogP contribution in [0.1, 0.15) is 5.56 Å². The molecular formula is C16H15F3N3O2SSi. The van der Waals surface area contributed by atoms with Gasteiger partial charge in [-0.1, -0.05) is 29.8 Å². The summed E-state index contributed by atoms with van der Waals surface area (Å²) in [6, 6.07) is 12.7. The van der Waals surface area contributed by atoms with Crippen molar-refractivity contribution >= 4 is 29.9 Å². The fourth-order valence-electron chi connectivity index (χ4n) is 2.48. The zero-order valence-corrected chi connectivity index (χ0v) is 15.4. The molecule has 2 aromatic rings. The number of anilines is 1. The number of aryl methyl sites for hydroxylation is 1. The van der Waals surface area contributed by atoms with Crippen LogP contribution in [-0.2, 0) is 10.0 Å². The first-order valence-corrected chi connectivity index (χ1v) is 10.6. The minimum absolute atomic E-state index is 0.0864. The van der Waals surface area contributed by atoms with Gasteiger partial charge in [0.15, 0.2) is 0 Å². The van der Waals surface area contributed by atoms with Crippen LogP contribution in [-0.4, -0.2) is 23.6 Å². The number of rotatable bonds is 3. The average molecular weight is 398 g/mol. The minimum Gasteiger partial charge on any atom is -0.306 e. The predicted molar refractivity (Wildman–Crippen MR) is 94.1 cm³/mol. The summed E-state index contributed by atoms with van der Waals surface area (Å²) in [5.74, 6) is 0. The maximum absolute atomic E-state index is 13.2. The SMILES string of the molecule is Cc1ccc(N2NC(C(F)(F)F)=C[Si]2c2ccc(S(N)(=O)=O)cc2)cc1. The lowest BCUT2D eigenvalue weighted by molar-refractivity contribution is -0.0958. The fourth-order valence-corrected chi connectivity index (χ4v) is 5.23. The van der Waals surface area contributed by atoms with Crippen LogP contribution in [0.2, 0.25) is 0 Å². The molecule has 0 atom stereocenters. The Bertz CT molecular complexity index is 942. The summed E-state index contributed by atoms with van der Waals surface area (Å²) in [6.07, 6.45) is -4.50. The van der Waals surface area contributed by atoms with E-state index in [0.29, 0.717) is 10.9 Å². The number of nitrogens with two attached hydrogens (primary N) is 1. The van der Waals surface area contributed by atoms with Gasteiger partial charge in [0.1, 0.15) is 5.70 Å². The second-order valence-electron chi connectivity index (χ2n) is 5.79. The predicted octanol–water partition coefficient (Wildman–Crippen LogP) is 1.85. The zero-order valence-electron chi connectivity index (χ0n) is 13.6. The van der Waals surface area contributed by atoms with Gasteiger partial charge in [0.05, 0.1) is 4.90 Å². The van der Waals surface area contributed by atoms with Crippen LogP contribution in [0.15, 0.2) is 64.8 Å². The monoisotopic (exact) mass is 398 g/mol. The summed E-state index contributed by atoms with van der Waals surface area (Å²) in [5, 5.41) is 5.66. The highest BCUT2D eigenvalue weighted by Crippen LogP contribution is 2.29. The molecule has 5 nitrogen and oxygen atoms in total. The van der Waals surface area contributed by atoms with Gasteiger partial charge in [0, 0.05) is 5.69 Å². The van der Waals surface area contributed by atoms with E-state index in [1.165, 1.54) is 28.9 Å². The topological polar surface area (TPSA) is 75.4 Å². The first-order valence-electron chi connectivity index (χ1n) is 7.48. The molecule has 1 aliphatic heterocycles. The van der Waals surface area contributed by atoms with Crippen molar-refractivity contribution in [2.45, 2.75) is 18.0 Å². The van der Waals surface area contributed by atoms with E-state index in [1.54, 1.807) is 12.1 Å². The van der Waals surface area contributed by atoms with Gasteiger partial charge >= 0.3 is 6.18 Å². The number of benzene rings is 2. The molecule has 2 aromatic carbocycles. The molecule has 0 fully saturated rings. The Morgan fingerprint density at radius 2 is 1.62 bits per heavy atom. The summed E-state index contributed by atoms with van der Waals surface area (Å²) >= 11 is 0. The van der Waals surface area contributed by atoms with E-state index in [0.717, 1.165) is 11.3 Å². The normalized spacial score (nSPS) is 15.7. The molecule has 0 saturated carbocycles. The molecule has 10 heteroatoms. The lowest BCUT2D eigenvalue weighted by atomic mass is 10.2. The molecule has 0 bridgehead atoms. The van der Waals surface area contributed by atoms with Crippen molar-refractivity contribution in [3.8, 4) is 0 Å². The van der Waals surface area contributed by atoms with Gasteiger partial charge in [-0.2, -0.15) is 13.2 Å². The van der Waals surface area contributed by atoms with Gasteiger partial charge in [0.25, 0.3) is 8.96 Å². The van der Waals surface area contributed by atoms with Crippen molar-refractivity contribution in [2.24, 2.45) is 5.14 Å². The smallest absolute Gasteiger partial charge is 0.306 e. The average Bonchev–Trinajstić information content (AvgIpc) is 3.00. The summed E-state index contributed by atoms with van der Waals surface area (Å²) in [6.45, 7) is 1.89. The molecule has 0 spiro atoms. The van der Waals surface area contributed by atoms with Gasteiger partial charge < -0.3 is 10.1 Å². The first-order chi connectivity index (χ1) is 12.1. The third-order valence-corrected chi connectivity index (χ3v) is 7.10. The van der Waals surface area contributed by atoms with Crippen LogP contribution < -0.4 is 20.4 Å². The van der Waals surface area contributed by atoms with Crippen LogP contribution in [0.4, 0.5) is 18.9 Å². The van der Waals surface area contributed by atoms with Crippen molar-refractivity contribution in [2.75, 3.05) is 4.67 Å². The highest BCUT2D eigenvalue weighted by Gasteiger charge is 2.42. The first kappa shape index (κ1) is 18.5. The molecule has 1 radical (unpaired) electrons. The fraction of sp³-hybridized carbons (Fsp3) is 0.125. The molecule has 137 valence electrons. The largest absolute Gasteiger partial charge is 0.432 e. The standard InChI is InChI=1S/C16H15F3N3O2SSi/c1-11-2-4-12(5-3-11)22-21-15(16(17,18)19)10-26(22)14-8-6-13(7-9-14)25(20,23)24/h2-10,21H,1H3,(H2,20,23,24). The number of sulfonamides is 1. The Balaban J connectivity index is 2.01. The molecule has 3 rings (SSSR count). The van der Waals surface area contributed by atoms with Crippen molar-refractivity contribution in [3.63, 3.8) is 0 Å². The highest BCUT2D eigenvalue weighted by molar-refractivity contribution is 7.89. The van der Waals surface area contributed by atoms with E-state index >= 15 is 0 Å². The molecule has 1 aliphatic rings. The number of allylic oxidation sites excluding steroid dienone is 1. The molecule has 26 heavy (non-hydrogen) atoms. The van der Waals surface area contributed by atoms with Gasteiger partial charge in [-0.25, -0.2) is 13.6 Å². The van der Waals surface area contributed by atoms with E-state index in [9.17, 15) is 21.6 Å². The van der Waals surface area contributed by atoms with E-state index in [2.05, 4.69) is 5.43 Å². The third-order valence-electron chi connectivity index (χ3n) is 3.83. The zero-order chi connectivity index (χ0) is 19.1. The summed E-state index contributed by atoms with van der Waals surface area (Å²) in [7, 11) is -5.84. The number of primary sulfonamides is 1. The molecule has 1 heterocycles. The maximum atomic E-state index is 13.2. The molecule has 0 unspecified atom stereocenters. The van der Waals surface area contributed by atoms with E-state index in [1.807, 2.05) is 19.1 Å². The number of nitrogens with zero attached hydrogens (tertiary/aromatic N) is 1. The third kappa shape index (κ3) is 3.76. The van der Waals surface area contributed by atoms with Gasteiger partial charge in [-0.3, -0.25) is 0 Å². The van der Waals surface area contributed by atoms with Crippen LogP contribution in [0.5, 0.6) is 0 Å². The molecule has 0 aliphatic carbocycles. The second kappa shape index (κ2) is 6.45. The van der Waals surface area contributed by atoms with E-state index in [-0.39, 0.29) is 4.90 Å². The number of hydrogen-bond donors (Lipinski definition) is 2. The van der Waals surface area contributed by atoms with Crippen LogP contribution >= 0.6 is 0 Å². The van der Waals surface area contributed by atoms with Crippen LogP contribution in [0.25, 0.3) is 0 Å². The maximum Gasteiger partial charge on any atom is 0.432 e. The number of hydrogen-bond acceptors (Lipinski definition) is 4. The second-order valence-corrected chi connectivity index (χ2v) is 9.44. The van der Waals surface area contributed by atoms with Crippen LogP contribution in [0, 0.1) is 6.92 Å². The summed E-state index contributed by atoms with van der Waals surface area (Å²) < 4.78 is 63.8. The molecule has 3 N–H and O–H groups in total. The Labute approximate surface area is 150 Å². The van der Waals surface area contributed by atoms with Gasteiger partial charge in [0.2, 0.25) is 10.0 Å². The van der Waals surface area contributed by atoms with Crippen molar-refractivity contribution in [1.29, 1.82) is 0 Å². The van der Waals surface area contributed by atoms with Crippen molar-refractivity contribution in [1.82, 2.24) is 5.43 Å². The molecule has 0 aromatic heterocycles. The summed E-state index contributed by atoms with van der Waals surface area (Å²) in [5.41, 5.74) is 4.35. The Morgan fingerprint density at radius 3 is 2.12 bits per heavy atom. The lowest BCUT2D eigenvalue weighted by Gasteiger charge is -2.27. The molecule has 0 amide bonds. The minimum atomic E-state index is -4.50. The molecule has 0 saturated heterocycles. The van der Waals surface area contributed by atoms with Crippen LogP contribution in [0.3, 0.4) is 0 Å². The Kier molecular flexibility index (Phi) is 4.59. The number of nitrogens with one attached hydrogen (secondary N) is 1. The van der Waals surface area contributed by atoms with Gasteiger partial charge in [-0.15, -0.1) is 0 Å². The van der Waals surface area contributed by atoms with Crippen molar-refractivity contribution < 1.29 is 21.6 Å². The van der Waals surface area contributed by atoms with Crippen molar-refractivity contribution in [3.05, 3.63) is 65.5 Å². The van der Waals surface area contributed by atoms with Gasteiger partial charge in [-0.05, 0) is 42.1 Å². The quantitative estimate of drug-likeness (QED) is 0.774. The highest BCUT2D eigenvalue weighted by atomic mass is 32.2. The lowest BCUT2D eigenvalue weighted by Crippen LogP contribution is -2.50. The van der Waals surface area contributed by atoms with E-state index in [4.69, 9.17) is 5.14 Å². The van der Waals surface area contributed by atoms with E-state index < -0.39 is 30.9 Å².